The van der Waals surface area contributed by atoms with Crippen molar-refractivity contribution in [3.05, 3.63) is 6.92 Å². The second-order valence-corrected chi connectivity index (χ2v) is 1.30. The van der Waals surface area contributed by atoms with E-state index in [-0.39, 0.29) is 17.1 Å². The maximum absolute atomic E-state index is 3.61. The van der Waals surface area contributed by atoms with Gasteiger partial charge in [0.05, 0.1) is 0 Å². The van der Waals surface area contributed by atoms with Gasteiger partial charge in [0.15, 0.2) is 0 Å². The summed E-state index contributed by atoms with van der Waals surface area (Å²) in [6.07, 6.45) is 0. The first-order valence-corrected chi connectivity index (χ1v) is 1.71. The van der Waals surface area contributed by atoms with Crippen molar-refractivity contribution in [2.24, 2.45) is 0 Å². The summed E-state index contributed by atoms with van der Waals surface area (Å²) in [6.45, 7) is 4.50. The van der Waals surface area contributed by atoms with E-state index in [0.29, 0.717) is 0 Å². The van der Waals surface area contributed by atoms with Crippen LogP contribution in [0.2, 0.25) is 0 Å². The minimum atomic E-state index is 0. The van der Waals surface area contributed by atoms with Crippen LogP contribution in [0.1, 0.15) is 0 Å². The zero-order valence-electron chi connectivity index (χ0n) is 4.16. The molecule has 1 nitrogen and oxygen atoms in total. The number of nitrogens with zero attached hydrogens (tertiary/aromatic N) is 1. The van der Waals surface area contributed by atoms with E-state index >= 15 is 0 Å². The molecule has 0 heterocycles. The molecule has 0 saturated carbocycles. The topological polar surface area (TPSA) is 3.24 Å². The van der Waals surface area contributed by atoms with Gasteiger partial charge in [0.25, 0.3) is 0 Å². The van der Waals surface area contributed by atoms with Gasteiger partial charge in [-0.2, -0.15) is 0 Å². The van der Waals surface area contributed by atoms with E-state index in [0.717, 1.165) is 6.54 Å². The van der Waals surface area contributed by atoms with Crippen molar-refractivity contribution in [2.75, 3.05) is 20.6 Å². The molecule has 0 N–H and O–H groups in total. The first-order chi connectivity index (χ1) is 2.27. The zero-order chi connectivity index (χ0) is 4.28. The van der Waals surface area contributed by atoms with Crippen LogP contribution >= 0.6 is 0 Å². The van der Waals surface area contributed by atoms with E-state index in [1.54, 1.807) is 0 Å². The Kier molecular flexibility index (Phi) is 8.85. The fraction of sp³-hybridized carbons (Fsp3) is 0.750. The molecule has 0 saturated heterocycles. The molecule has 0 amide bonds. The molecule has 0 aromatic rings. The molecule has 2 heteroatoms. The molecule has 0 aromatic carbocycles. The Balaban J connectivity index is 0. The minimum absolute atomic E-state index is 0. The molecule has 0 radical (unpaired) electrons. The molecule has 0 aliphatic carbocycles. The van der Waals surface area contributed by atoms with Crippen molar-refractivity contribution >= 4 is 0 Å². The maximum Gasteiger partial charge on any atom is 1.00 e. The van der Waals surface area contributed by atoms with Gasteiger partial charge in [0, 0.05) is 0 Å². The molecule has 0 aromatic heterocycles. The van der Waals surface area contributed by atoms with Crippen molar-refractivity contribution in [3.8, 4) is 0 Å². The molecule has 0 rings (SSSR count). The average molecular weight is 136 g/mol. The Labute approximate surface area is 50.2 Å². The van der Waals surface area contributed by atoms with Crippen LogP contribution in [0.15, 0.2) is 0 Å². The number of rotatable bonds is 1. The van der Waals surface area contributed by atoms with E-state index in [1.807, 2.05) is 19.0 Å². The number of hydrogen-bond donors (Lipinski definition) is 0. The molecule has 0 unspecified atom stereocenters. The van der Waals surface area contributed by atoms with Crippen LogP contribution in [0.25, 0.3) is 0 Å². The third kappa shape index (κ3) is 8.82. The molecular formula is C4H10CuN. The smallest absolute Gasteiger partial charge is 0.339 e. The van der Waals surface area contributed by atoms with Gasteiger partial charge in [0.1, 0.15) is 0 Å². The summed E-state index contributed by atoms with van der Waals surface area (Å²) in [7, 11) is 3.99. The summed E-state index contributed by atoms with van der Waals surface area (Å²) in [5, 5.41) is 0. The largest absolute Gasteiger partial charge is 1.00 e. The number of hydrogen-bond acceptors (Lipinski definition) is 1. The van der Waals surface area contributed by atoms with Crippen LogP contribution in [0.5, 0.6) is 0 Å². The van der Waals surface area contributed by atoms with Crippen molar-refractivity contribution in [1.29, 1.82) is 0 Å². The van der Waals surface area contributed by atoms with Gasteiger partial charge < -0.3 is 11.8 Å². The SMILES string of the molecule is [CH2-]CN(C)C.[Cu+]. The third-order valence-electron chi connectivity index (χ3n) is 0.447. The summed E-state index contributed by atoms with van der Waals surface area (Å²) in [4.78, 5) is 2.01. The van der Waals surface area contributed by atoms with Crippen LogP contribution in [0, 0.1) is 6.92 Å². The monoisotopic (exact) mass is 135 g/mol. The normalized spacial score (nSPS) is 8.00. The van der Waals surface area contributed by atoms with E-state index in [1.165, 1.54) is 0 Å². The fourth-order valence-corrected chi connectivity index (χ4v) is 0. The predicted octanol–water partition coefficient (Wildman–Crippen LogP) is 0.380. The van der Waals surface area contributed by atoms with Gasteiger partial charge in [-0.05, 0) is 14.1 Å². The molecular weight excluding hydrogens is 126 g/mol. The van der Waals surface area contributed by atoms with Crippen LogP contribution in [-0.2, 0) is 17.1 Å². The maximum atomic E-state index is 3.61. The Bertz CT molecular complexity index is 21.5. The molecule has 0 atom stereocenters. The Morgan fingerprint density at radius 2 is 1.67 bits per heavy atom. The van der Waals surface area contributed by atoms with Gasteiger partial charge in [-0.3, -0.25) is 0 Å². The van der Waals surface area contributed by atoms with Gasteiger partial charge in [0.2, 0.25) is 0 Å². The second kappa shape index (κ2) is 5.48. The zero-order valence-corrected chi connectivity index (χ0v) is 5.10. The van der Waals surface area contributed by atoms with Gasteiger partial charge in [-0.15, -0.1) is 6.54 Å². The summed E-state index contributed by atoms with van der Waals surface area (Å²) in [6, 6.07) is 0. The summed E-state index contributed by atoms with van der Waals surface area (Å²) >= 11 is 0. The Hall–Kier alpha value is 0.479. The van der Waals surface area contributed by atoms with Crippen LogP contribution in [0.4, 0.5) is 0 Å². The predicted molar refractivity (Wildman–Crippen MR) is 23.9 cm³/mol. The van der Waals surface area contributed by atoms with E-state index in [4.69, 9.17) is 0 Å². The van der Waals surface area contributed by atoms with Gasteiger partial charge in [-0.1, -0.05) is 0 Å². The molecule has 0 spiro atoms. The van der Waals surface area contributed by atoms with E-state index in [2.05, 4.69) is 6.92 Å². The minimum Gasteiger partial charge on any atom is -0.339 e. The van der Waals surface area contributed by atoms with Crippen LogP contribution in [0.3, 0.4) is 0 Å². The standard InChI is InChI=1S/C4H10N.Cu/c1-4-5(2)3;/h1,4H2,2-3H3;/q-1;+1. The first-order valence-electron chi connectivity index (χ1n) is 1.71. The van der Waals surface area contributed by atoms with E-state index in [9.17, 15) is 0 Å². The van der Waals surface area contributed by atoms with Crippen molar-refractivity contribution in [1.82, 2.24) is 4.90 Å². The third-order valence-corrected chi connectivity index (χ3v) is 0.447. The molecule has 0 fully saturated rings. The molecule has 6 heavy (non-hydrogen) atoms. The van der Waals surface area contributed by atoms with Crippen molar-refractivity contribution < 1.29 is 17.1 Å². The van der Waals surface area contributed by atoms with Gasteiger partial charge in [-0.25, -0.2) is 0 Å². The fourth-order valence-electron chi connectivity index (χ4n) is 0. The van der Waals surface area contributed by atoms with Crippen LogP contribution in [-0.4, -0.2) is 25.5 Å². The Morgan fingerprint density at radius 1 is 1.50 bits per heavy atom. The quantitative estimate of drug-likeness (QED) is 0.371. The molecule has 0 aliphatic heterocycles. The first kappa shape index (κ1) is 9.70. The van der Waals surface area contributed by atoms with Crippen molar-refractivity contribution in [2.45, 2.75) is 0 Å². The van der Waals surface area contributed by atoms with E-state index < -0.39 is 0 Å². The summed E-state index contributed by atoms with van der Waals surface area (Å²) in [5.41, 5.74) is 0. The Morgan fingerprint density at radius 3 is 1.67 bits per heavy atom. The molecule has 42 valence electrons. The second-order valence-electron chi connectivity index (χ2n) is 1.30. The molecule has 0 aliphatic rings. The van der Waals surface area contributed by atoms with Crippen LogP contribution < -0.4 is 0 Å². The summed E-state index contributed by atoms with van der Waals surface area (Å²) < 4.78 is 0. The average Bonchev–Trinajstić information content (AvgIpc) is 1.38. The van der Waals surface area contributed by atoms with Gasteiger partial charge >= 0.3 is 17.1 Å². The summed E-state index contributed by atoms with van der Waals surface area (Å²) in [5.74, 6) is 0. The van der Waals surface area contributed by atoms with Crippen molar-refractivity contribution in [3.63, 3.8) is 0 Å². The molecule has 0 bridgehead atoms.